The van der Waals surface area contributed by atoms with Crippen molar-refractivity contribution in [3.63, 3.8) is 0 Å². The Balaban J connectivity index is 1.52. The third-order valence-electron chi connectivity index (χ3n) is 6.56. The molecule has 2 aliphatic rings. The number of amides is 1. The van der Waals surface area contributed by atoms with Crippen LogP contribution in [0.4, 0.5) is 8.78 Å². The Kier molecular flexibility index (Phi) is 5.27. The van der Waals surface area contributed by atoms with Gasteiger partial charge in [0.05, 0.1) is 5.69 Å². The van der Waals surface area contributed by atoms with E-state index in [4.69, 9.17) is 4.52 Å². The van der Waals surface area contributed by atoms with E-state index in [1.165, 1.54) is 6.07 Å². The van der Waals surface area contributed by atoms with Gasteiger partial charge in [0.15, 0.2) is 23.2 Å². The van der Waals surface area contributed by atoms with Crippen LogP contribution in [0, 0.1) is 18.6 Å². The van der Waals surface area contributed by atoms with Crippen LogP contribution in [-0.4, -0.2) is 25.8 Å². The Morgan fingerprint density at radius 3 is 2.56 bits per heavy atom. The number of halogens is 2. The summed E-state index contributed by atoms with van der Waals surface area (Å²) in [6.07, 6.45) is 7.87. The number of hydrogen-bond donors (Lipinski definition) is 1. The molecule has 1 aromatic carbocycles. The summed E-state index contributed by atoms with van der Waals surface area (Å²) in [4.78, 5) is 18.0. The van der Waals surface area contributed by atoms with E-state index in [0.29, 0.717) is 23.1 Å². The van der Waals surface area contributed by atoms with Crippen molar-refractivity contribution in [2.75, 3.05) is 0 Å². The van der Waals surface area contributed by atoms with Crippen molar-refractivity contribution in [3.8, 4) is 5.69 Å². The molecule has 0 atom stereocenters. The molecule has 0 bridgehead atoms. The highest BCUT2D eigenvalue weighted by atomic mass is 19.2. The van der Waals surface area contributed by atoms with Crippen LogP contribution in [-0.2, 0) is 18.4 Å². The molecule has 1 saturated carbocycles. The van der Waals surface area contributed by atoms with E-state index in [1.54, 1.807) is 11.6 Å². The zero-order valence-corrected chi connectivity index (χ0v) is 18.0. The second kappa shape index (κ2) is 8.11. The topological polar surface area (TPSA) is 85.8 Å². The molecule has 5 rings (SSSR count). The maximum absolute atomic E-state index is 13.9. The van der Waals surface area contributed by atoms with Crippen LogP contribution in [0.1, 0.15) is 78.4 Å². The number of benzene rings is 1. The number of nitrogens with zero attached hydrogens (tertiary/aromatic N) is 4. The average Bonchev–Trinajstić information content (AvgIpc) is 3.45. The Labute approximate surface area is 184 Å². The molecule has 0 aliphatic heterocycles. The van der Waals surface area contributed by atoms with E-state index < -0.39 is 17.2 Å². The normalized spacial score (nSPS) is 17.7. The molecular formula is C23H25F2N5O2. The lowest BCUT2D eigenvalue weighted by Gasteiger charge is -2.30. The monoisotopic (exact) mass is 441 g/mol. The highest BCUT2D eigenvalue weighted by Gasteiger charge is 2.40. The molecule has 0 unspecified atom stereocenters. The summed E-state index contributed by atoms with van der Waals surface area (Å²) in [5, 5.41) is 11.9. The Morgan fingerprint density at radius 1 is 1.09 bits per heavy atom. The summed E-state index contributed by atoms with van der Waals surface area (Å²) in [5.74, 6) is -1.20. The van der Waals surface area contributed by atoms with Gasteiger partial charge >= 0.3 is 0 Å². The van der Waals surface area contributed by atoms with E-state index in [2.05, 4.69) is 20.6 Å². The number of rotatable bonds is 4. The van der Waals surface area contributed by atoms with Crippen molar-refractivity contribution in [3.05, 3.63) is 58.5 Å². The summed E-state index contributed by atoms with van der Waals surface area (Å²) in [5.41, 5.74) is 1.75. The van der Waals surface area contributed by atoms with Gasteiger partial charge < -0.3 is 9.84 Å². The predicted molar refractivity (Wildman–Crippen MR) is 111 cm³/mol. The number of carbonyl (C=O) groups excluding carboxylic acids is 1. The first-order valence-electron chi connectivity index (χ1n) is 11.2. The van der Waals surface area contributed by atoms with Gasteiger partial charge in [-0.1, -0.05) is 30.8 Å². The molecule has 32 heavy (non-hydrogen) atoms. The lowest BCUT2D eigenvalue weighted by atomic mass is 9.89. The zero-order chi connectivity index (χ0) is 22.3. The minimum Gasteiger partial charge on any atom is -0.340 e. The summed E-state index contributed by atoms with van der Waals surface area (Å²) in [7, 11) is 0. The fraction of sp³-hybridized carbons (Fsp3) is 0.478. The van der Waals surface area contributed by atoms with Gasteiger partial charge in [0.2, 0.25) is 5.89 Å². The zero-order valence-electron chi connectivity index (χ0n) is 18.0. The largest absolute Gasteiger partial charge is 0.340 e. The van der Waals surface area contributed by atoms with Crippen LogP contribution in [0.25, 0.3) is 5.69 Å². The lowest BCUT2D eigenvalue weighted by Crippen LogP contribution is -2.47. The number of aromatic nitrogens is 4. The molecule has 2 aliphatic carbocycles. The van der Waals surface area contributed by atoms with Crippen molar-refractivity contribution in [1.82, 2.24) is 25.2 Å². The number of carbonyl (C=O) groups is 1. The number of nitrogens with one attached hydrogen (secondary N) is 1. The quantitative estimate of drug-likeness (QED) is 0.610. The maximum atomic E-state index is 13.9. The van der Waals surface area contributed by atoms with Crippen LogP contribution < -0.4 is 5.32 Å². The number of fused-ring (bicyclic) bond motifs is 1. The molecule has 9 heteroatoms. The Hall–Kier alpha value is -3.10. The number of hydrogen-bond acceptors (Lipinski definition) is 5. The Morgan fingerprint density at radius 2 is 1.88 bits per heavy atom. The smallest absolute Gasteiger partial charge is 0.272 e. The molecule has 0 spiro atoms. The third-order valence-corrected chi connectivity index (χ3v) is 6.56. The fourth-order valence-corrected chi connectivity index (χ4v) is 4.96. The van der Waals surface area contributed by atoms with Crippen molar-refractivity contribution in [2.45, 2.75) is 70.3 Å². The summed E-state index contributed by atoms with van der Waals surface area (Å²) in [6, 6.07) is 3.66. The van der Waals surface area contributed by atoms with E-state index in [1.807, 2.05) is 0 Å². The van der Waals surface area contributed by atoms with Gasteiger partial charge in [-0.3, -0.25) is 4.79 Å². The van der Waals surface area contributed by atoms with Crippen LogP contribution in [0.2, 0.25) is 0 Å². The molecule has 0 radical (unpaired) electrons. The highest BCUT2D eigenvalue weighted by molar-refractivity contribution is 5.94. The average molecular weight is 441 g/mol. The lowest BCUT2D eigenvalue weighted by molar-refractivity contribution is 0.0870. The third kappa shape index (κ3) is 3.59. The maximum Gasteiger partial charge on any atom is 0.272 e. The second-order valence-electron chi connectivity index (χ2n) is 8.73. The van der Waals surface area contributed by atoms with E-state index in [0.717, 1.165) is 81.2 Å². The fourth-order valence-electron chi connectivity index (χ4n) is 4.96. The van der Waals surface area contributed by atoms with Gasteiger partial charge in [-0.15, -0.1) is 0 Å². The molecule has 1 amide bonds. The molecule has 2 heterocycles. The molecule has 3 aromatic rings. The van der Waals surface area contributed by atoms with Crippen molar-refractivity contribution < 1.29 is 18.1 Å². The molecule has 2 aromatic heterocycles. The minimum absolute atomic E-state index is 0.297. The van der Waals surface area contributed by atoms with Crippen LogP contribution in [0.3, 0.4) is 0 Å². The highest BCUT2D eigenvalue weighted by Crippen LogP contribution is 2.36. The standard InChI is InChI=1S/C23H25F2N5O2/c1-14-26-22(29-32-14)23(11-4-2-3-5-12-23)27-21(31)20-16-7-6-8-19(16)30(28-20)15-9-10-17(24)18(25)13-15/h9-10,13H,2-8,11-12H2,1H3,(H,27,31). The first kappa shape index (κ1) is 20.8. The van der Waals surface area contributed by atoms with Crippen LogP contribution in [0.5, 0.6) is 0 Å². The molecule has 1 fully saturated rings. The van der Waals surface area contributed by atoms with Gasteiger partial charge in [-0.2, -0.15) is 10.1 Å². The van der Waals surface area contributed by atoms with Crippen LogP contribution >= 0.6 is 0 Å². The molecule has 168 valence electrons. The summed E-state index contributed by atoms with van der Waals surface area (Å²) in [6.45, 7) is 1.74. The van der Waals surface area contributed by atoms with Gasteiger partial charge in [0.1, 0.15) is 5.54 Å². The van der Waals surface area contributed by atoms with Crippen molar-refractivity contribution in [1.29, 1.82) is 0 Å². The van der Waals surface area contributed by atoms with E-state index >= 15 is 0 Å². The number of aryl methyl sites for hydroxylation is 1. The second-order valence-corrected chi connectivity index (χ2v) is 8.73. The van der Waals surface area contributed by atoms with Gasteiger partial charge in [0, 0.05) is 24.2 Å². The van der Waals surface area contributed by atoms with Crippen molar-refractivity contribution in [2.24, 2.45) is 0 Å². The SMILES string of the molecule is Cc1nc(C2(NC(=O)c3nn(-c4ccc(F)c(F)c4)c4c3CCC4)CCCCCC2)no1. The molecule has 7 nitrogen and oxygen atoms in total. The minimum atomic E-state index is -0.944. The van der Waals surface area contributed by atoms with Crippen molar-refractivity contribution >= 4 is 5.91 Å². The van der Waals surface area contributed by atoms with E-state index in [-0.39, 0.29) is 5.91 Å². The summed E-state index contributed by atoms with van der Waals surface area (Å²) >= 11 is 0. The molecular weight excluding hydrogens is 416 g/mol. The van der Waals surface area contributed by atoms with Crippen LogP contribution in [0.15, 0.2) is 22.7 Å². The first-order chi connectivity index (χ1) is 15.5. The predicted octanol–water partition coefficient (Wildman–Crippen LogP) is 4.31. The first-order valence-corrected chi connectivity index (χ1v) is 11.2. The van der Waals surface area contributed by atoms with Gasteiger partial charge in [-0.05, 0) is 44.2 Å². The Bertz CT molecular complexity index is 1160. The molecule has 0 saturated heterocycles. The molecule has 1 N–H and O–H groups in total. The van der Waals surface area contributed by atoms with Gasteiger partial charge in [-0.25, -0.2) is 13.5 Å². The summed E-state index contributed by atoms with van der Waals surface area (Å²) < 4.78 is 34.1. The van der Waals surface area contributed by atoms with E-state index in [9.17, 15) is 13.6 Å². The van der Waals surface area contributed by atoms with Gasteiger partial charge in [0.25, 0.3) is 5.91 Å².